The smallest absolute Gasteiger partial charge is 0.0406 e. The van der Waals surface area contributed by atoms with Crippen LogP contribution in [0.2, 0.25) is 5.02 Å². The summed E-state index contributed by atoms with van der Waals surface area (Å²) < 4.78 is 0. The van der Waals surface area contributed by atoms with Gasteiger partial charge in [0, 0.05) is 5.02 Å². The highest BCUT2D eigenvalue weighted by Crippen LogP contribution is 2.11. The zero-order chi connectivity index (χ0) is 11.1. The van der Waals surface area contributed by atoms with Crippen LogP contribution in [0.4, 0.5) is 0 Å². The highest BCUT2D eigenvalue weighted by Gasteiger charge is 1.94. The zero-order valence-corrected chi connectivity index (χ0v) is 10.1. The number of nitrogens with zero attached hydrogens (tertiary/aromatic N) is 1. The van der Waals surface area contributed by atoms with Crippen molar-refractivity contribution in [2.45, 2.75) is 26.2 Å². The van der Waals surface area contributed by atoms with Crippen LogP contribution in [0.1, 0.15) is 25.3 Å². The van der Waals surface area contributed by atoms with Crippen molar-refractivity contribution in [2.24, 2.45) is 0 Å². The van der Waals surface area contributed by atoms with Gasteiger partial charge in [-0.1, -0.05) is 30.7 Å². The van der Waals surface area contributed by atoms with Crippen molar-refractivity contribution < 1.29 is 0 Å². The molecule has 0 aliphatic rings. The summed E-state index contributed by atoms with van der Waals surface area (Å²) in [5, 5.41) is 0.809. The summed E-state index contributed by atoms with van der Waals surface area (Å²) in [5.74, 6) is 0. The predicted molar refractivity (Wildman–Crippen MR) is 67.0 cm³/mol. The average molecular weight is 225 g/mol. The molecule has 0 aromatic heterocycles. The molecule has 1 nitrogen and oxygen atoms in total. The Hall–Kier alpha value is -0.530. The maximum Gasteiger partial charge on any atom is 0.0406 e. The van der Waals surface area contributed by atoms with Gasteiger partial charge in [0.05, 0.1) is 0 Å². The first kappa shape index (κ1) is 12.5. The Kier molecular flexibility index (Phi) is 5.74. The van der Waals surface area contributed by atoms with Crippen LogP contribution in [0.25, 0.3) is 0 Å². The Morgan fingerprint density at radius 2 is 1.87 bits per heavy atom. The van der Waals surface area contributed by atoms with Crippen molar-refractivity contribution in [3.63, 3.8) is 0 Å². The number of rotatable bonds is 6. The van der Waals surface area contributed by atoms with E-state index in [1.165, 1.54) is 12.0 Å². The summed E-state index contributed by atoms with van der Waals surface area (Å²) in [4.78, 5) is 2.13. The molecule has 0 amide bonds. The fraction of sp³-hybridized carbons (Fsp3) is 0.462. The van der Waals surface area contributed by atoms with E-state index in [2.05, 4.69) is 31.0 Å². The molecule has 0 aliphatic heterocycles. The van der Waals surface area contributed by atoms with Crippen LogP contribution in [0, 0.1) is 7.05 Å². The summed E-state index contributed by atoms with van der Waals surface area (Å²) in [6.07, 6.45) is 3.43. The van der Waals surface area contributed by atoms with Crippen LogP contribution in [0.3, 0.4) is 0 Å². The number of hydrogen-bond acceptors (Lipinski definition) is 1. The van der Waals surface area contributed by atoms with Crippen molar-refractivity contribution in [3.8, 4) is 0 Å². The van der Waals surface area contributed by atoms with Crippen molar-refractivity contribution in [3.05, 3.63) is 41.9 Å². The van der Waals surface area contributed by atoms with Crippen molar-refractivity contribution in [2.75, 3.05) is 13.1 Å². The lowest BCUT2D eigenvalue weighted by atomic mass is 10.1. The van der Waals surface area contributed by atoms with Gasteiger partial charge < -0.3 is 4.90 Å². The molecule has 0 saturated heterocycles. The molecule has 0 atom stereocenters. The van der Waals surface area contributed by atoms with Gasteiger partial charge in [-0.05, 0) is 50.0 Å². The highest BCUT2D eigenvalue weighted by atomic mass is 35.5. The van der Waals surface area contributed by atoms with Gasteiger partial charge in [0.15, 0.2) is 0 Å². The second kappa shape index (κ2) is 6.86. The summed E-state index contributed by atoms with van der Waals surface area (Å²) in [6.45, 7) is 4.33. The lowest BCUT2D eigenvalue weighted by Gasteiger charge is -2.23. The monoisotopic (exact) mass is 224 g/mol. The third kappa shape index (κ3) is 5.19. The molecule has 0 bridgehead atoms. The first-order valence-corrected chi connectivity index (χ1v) is 5.90. The van der Waals surface area contributed by atoms with E-state index in [1.54, 1.807) is 0 Å². The molecular formula is C13H19ClN-. The SMILES string of the molecule is [CH2-]N(CCC)CCCc1ccc(Cl)cc1. The summed E-state index contributed by atoms with van der Waals surface area (Å²) >= 11 is 5.82. The average Bonchev–Trinajstić information content (AvgIpc) is 2.21. The minimum atomic E-state index is 0.809. The van der Waals surface area contributed by atoms with E-state index in [-0.39, 0.29) is 0 Å². The van der Waals surface area contributed by atoms with E-state index in [4.69, 9.17) is 11.6 Å². The van der Waals surface area contributed by atoms with Gasteiger partial charge in [0.2, 0.25) is 0 Å². The number of benzene rings is 1. The molecule has 1 aromatic carbocycles. The second-order valence-corrected chi connectivity index (χ2v) is 4.28. The third-order valence-electron chi connectivity index (χ3n) is 2.39. The molecule has 0 aliphatic carbocycles. The third-order valence-corrected chi connectivity index (χ3v) is 2.64. The van der Waals surface area contributed by atoms with Gasteiger partial charge in [-0.25, -0.2) is 0 Å². The number of aryl methyl sites for hydroxylation is 1. The largest absolute Gasteiger partial charge is 0.459 e. The van der Waals surface area contributed by atoms with Crippen molar-refractivity contribution in [1.82, 2.24) is 4.90 Å². The highest BCUT2D eigenvalue weighted by molar-refractivity contribution is 6.30. The molecule has 84 valence electrons. The van der Waals surface area contributed by atoms with E-state index < -0.39 is 0 Å². The molecule has 1 rings (SSSR count). The summed E-state index contributed by atoms with van der Waals surface area (Å²) in [7, 11) is 3.99. The number of halogens is 1. The maximum absolute atomic E-state index is 5.82. The lowest BCUT2D eigenvalue weighted by molar-refractivity contribution is 0.364. The maximum atomic E-state index is 5.82. The minimum absolute atomic E-state index is 0.809. The summed E-state index contributed by atoms with van der Waals surface area (Å²) in [6, 6.07) is 8.08. The van der Waals surface area contributed by atoms with E-state index >= 15 is 0 Å². The topological polar surface area (TPSA) is 3.24 Å². The molecule has 0 fully saturated rings. The van der Waals surface area contributed by atoms with Crippen LogP contribution < -0.4 is 0 Å². The fourth-order valence-electron chi connectivity index (χ4n) is 1.59. The van der Waals surface area contributed by atoms with Crippen LogP contribution in [0.15, 0.2) is 24.3 Å². The van der Waals surface area contributed by atoms with Crippen LogP contribution >= 0.6 is 11.6 Å². The standard InChI is InChI=1S/C13H19ClN/c1-3-10-15(2)11-4-5-12-6-8-13(14)9-7-12/h6-9H,2-5,10-11H2,1H3/q-1. The molecule has 0 spiro atoms. The first-order chi connectivity index (χ1) is 7.22. The molecule has 2 heteroatoms. The zero-order valence-electron chi connectivity index (χ0n) is 9.38. The van der Waals surface area contributed by atoms with E-state index in [9.17, 15) is 0 Å². The molecule has 0 saturated carbocycles. The van der Waals surface area contributed by atoms with Gasteiger partial charge in [-0.2, -0.15) is 0 Å². The van der Waals surface area contributed by atoms with E-state index in [0.717, 1.165) is 31.0 Å². The Labute approximate surface area is 98.0 Å². The van der Waals surface area contributed by atoms with Gasteiger partial charge >= 0.3 is 0 Å². The lowest BCUT2D eigenvalue weighted by Crippen LogP contribution is -2.18. The van der Waals surface area contributed by atoms with Crippen molar-refractivity contribution >= 4 is 11.6 Å². The Morgan fingerprint density at radius 1 is 1.20 bits per heavy atom. The molecule has 0 heterocycles. The van der Waals surface area contributed by atoms with Gasteiger partial charge in [0.25, 0.3) is 0 Å². The van der Waals surface area contributed by atoms with Crippen LogP contribution in [-0.2, 0) is 6.42 Å². The van der Waals surface area contributed by atoms with Gasteiger partial charge in [0.1, 0.15) is 0 Å². The normalized spacial score (nSPS) is 10.9. The molecule has 15 heavy (non-hydrogen) atoms. The Balaban J connectivity index is 2.22. The van der Waals surface area contributed by atoms with E-state index in [1.807, 2.05) is 12.1 Å². The molecule has 1 aromatic rings. The number of hydrogen-bond donors (Lipinski definition) is 0. The first-order valence-electron chi connectivity index (χ1n) is 5.52. The van der Waals surface area contributed by atoms with Crippen molar-refractivity contribution in [1.29, 1.82) is 0 Å². The summed E-state index contributed by atoms with van der Waals surface area (Å²) in [5.41, 5.74) is 1.35. The Bertz CT molecular complexity index is 268. The molecule has 0 unspecified atom stereocenters. The van der Waals surface area contributed by atoms with Crippen LogP contribution in [0.5, 0.6) is 0 Å². The Morgan fingerprint density at radius 3 is 2.47 bits per heavy atom. The predicted octanol–water partition coefficient (Wildman–Crippen LogP) is 3.78. The molecule has 0 N–H and O–H groups in total. The fourth-order valence-corrected chi connectivity index (χ4v) is 1.71. The van der Waals surface area contributed by atoms with Crippen LogP contribution in [-0.4, -0.2) is 18.0 Å². The minimum Gasteiger partial charge on any atom is -0.459 e. The van der Waals surface area contributed by atoms with Gasteiger partial charge in [-0.15, -0.1) is 0 Å². The van der Waals surface area contributed by atoms with Gasteiger partial charge in [-0.3, -0.25) is 7.05 Å². The second-order valence-electron chi connectivity index (χ2n) is 3.85. The molecular weight excluding hydrogens is 206 g/mol. The quantitative estimate of drug-likeness (QED) is 0.665. The molecule has 0 radical (unpaired) electrons. The van der Waals surface area contributed by atoms with E-state index in [0.29, 0.717) is 0 Å².